The Hall–Kier alpha value is -3.42. The van der Waals surface area contributed by atoms with Gasteiger partial charge in [-0.25, -0.2) is 9.37 Å². The number of carbonyl (C=O) groups is 1. The standard InChI is InChI=1S/C18H17FN4O3/c19-14-3-1-2-4-15(14)25-12-13-5-6-16(26-13)18(24)23-10-9-22-17-11-20-7-8-21-17/h1-8,11H,9-10,12H2,(H,21,22)(H,23,24). The molecule has 0 saturated carbocycles. The van der Waals surface area contributed by atoms with Gasteiger partial charge in [0, 0.05) is 25.5 Å². The lowest BCUT2D eigenvalue weighted by Crippen LogP contribution is -2.28. The molecule has 0 aliphatic carbocycles. The fraction of sp³-hybridized carbons (Fsp3) is 0.167. The van der Waals surface area contributed by atoms with Gasteiger partial charge in [-0.05, 0) is 24.3 Å². The summed E-state index contributed by atoms with van der Waals surface area (Å²) in [5.74, 6) is 0.556. The van der Waals surface area contributed by atoms with Gasteiger partial charge in [0.05, 0.1) is 6.20 Å². The number of amides is 1. The maximum Gasteiger partial charge on any atom is 0.287 e. The summed E-state index contributed by atoms with van der Waals surface area (Å²) in [5, 5.41) is 5.75. The minimum Gasteiger partial charge on any atom is -0.483 e. The van der Waals surface area contributed by atoms with Crippen LogP contribution in [0.15, 0.2) is 59.4 Å². The van der Waals surface area contributed by atoms with Gasteiger partial charge in [-0.1, -0.05) is 12.1 Å². The van der Waals surface area contributed by atoms with Gasteiger partial charge in [0.1, 0.15) is 18.2 Å². The molecule has 0 aliphatic heterocycles. The van der Waals surface area contributed by atoms with E-state index >= 15 is 0 Å². The molecule has 134 valence electrons. The van der Waals surface area contributed by atoms with Crippen LogP contribution in [0.2, 0.25) is 0 Å². The van der Waals surface area contributed by atoms with E-state index in [1.54, 1.807) is 42.9 Å². The van der Waals surface area contributed by atoms with Crippen LogP contribution in [0.3, 0.4) is 0 Å². The van der Waals surface area contributed by atoms with E-state index in [0.29, 0.717) is 24.7 Å². The molecule has 0 saturated heterocycles. The minimum absolute atomic E-state index is 0.0302. The lowest BCUT2D eigenvalue weighted by atomic mass is 10.3. The van der Waals surface area contributed by atoms with E-state index in [9.17, 15) is 9.18 Å². The molecule has 0 atom stereocenters. The molecular weight excluding hydrogens is 339 g/mol. The zero-order valence-electron chi connectivity index (χ0n) is 13.8. The van der Waals surface area contributed by atoms with Crippen molar-refractivity contribution in [3.8, 4) is 5.75 Å². The average Bonchev–Trinajstić information content (AvgIpc) is 3.14. The molecule has 0 fully saturated rings. The second-order valence-electron chi connectivity index (χ2n) is 5.26. The molecular formula is C18H17FN4O3. The topological polar surface area (TPSA) is 89.3 Å². The highest BCUT2D eigenvalue weighted by molar-refractivity contribution is 5.91. The minimum atomic E-state index is -0.451. The Morgan fingerprint density at radius 2 is 2.04 bits per heavy atom. The van der Waals surface area contributed by atoms with Gasteiger partial charge in [-0.15, -0.1) is 0 Å². The highest BCUT2D eigenvalue weighted by Crippen LogP contribution is 2.18. The number of ether oxygens (including phenoxy) is 1. The summed E-state index contributed by atoms with van der Waals surface area (Å²) < 4.78 is 24.2. The van der Waals surface area contributed by atoms with Crippen LogP contribution in [0.4, 0.5) is 10.2 Å². The largest absolute Gasteiger partial charge is 0.483 e. The average molecular weight is 356 g/mol. The lowest BCUT2D eigenvalue weighted by Gasteiger charge is -2.06. The summed E-state index contributed by atoms with van der Waals surface area (Å²) in [6.07, 6.45) is 4.75. The van der Waals surface area contributed by atoms with E-state index in [4.69, 9.17) is 9.15 Å². The summed E-state index contributed by atoms with van der Waals surface area (Å²) >= 11 is 0. The summed E-state index contributed by atoms with van der Waals surface area (Å²) in [6.45, 7) is 0.911. The number of hydrogen-bond acceptors (Lipinski definition) is 6. The molecule has 2 N–H and O–H groups in total. The van der Waals surface area contributed by atoms with E-state index < -0.39 is 5.82 Å². The number of carbonyl (C=O) groups excluding carboxylic acids is 1. The van der Waals surface area contributed by atoms with Gasteiger partial charge in [0.15, 0.2) is 17.3 Å². The number of rotatable bonds is 8. The monoisotopic (exact) mass is 356 g/mol. The number of para-hydroxylation sites is 1. The molecule has 2 heterocycles. The predicted octanol–water partition coefficient (Wildman–Crippen LogP) is 2.63. The number of halogens is 1. The van der Waals surface area contributed by atoms with Crippen molar-refractivity contribution in [3.63, 3.8) is 0 Å². The fourth-order valence-corrected chi connectivity index (χ4v) is 2.13. The van der Waals surface area contributed by atoms with E-state index in [-0.39, 0.29) is 24.0 Å². The zero-order chi connectivity index (χ0) is 18.2. The Morgan fingerprint density at radius 3 is 2.85 bits per heavy atom. The number of furan rings is 1. The van der Waals surface area contributed by atoms with E-state index in [0.717, 1.165) is 0 Å². The summed E-state index contributed by atoms with van der Waals surface area (Å²) in [4.78, 5) is 20.0. The van der Waals surface area contributed by atoms with Crippen LogP contribution in [0, 0.1) is 5.82 Å². The first-order valence-corrected chi connectivity index (χ1v) is 7.96. The Balaban J connectivity index is 1.43. The van der Waals surface area contributed by atoms with Gasteiger partial charge in [-0.3, -0.25) is 9.78 Å². The van der Waals surface area contributed by atoms with Crippen molar-refractivity contribution in [2.24, 2.45) is 0 Å². The van der Waals surface area contributed by atoms with Gasteiger partial charge in [0.25, 0.3) is 5.91 Å². The third-order valence-corrected chi connectivity index (χ3v) is 3.37. The fourth-order valence-electron chi connectivity index (χ4n) is 2.13. The maximum atomic E-state index is 13.5. The van der Waals surface area contributed by atoms with Gasteiger partial charge in [-0.2, -0.15) is 0 Å². The molecule has 3 rings (SSSR count). The van der Waals surface area contributed by atoms with Crippen LogP contribution in [-0.2, 0) is 6.61 Å². The number of nitrogens with zero attached hydrogens (tertiary/aromatic N) is 2. The lowest BCUT2D eigenvalue weighted by molar-refractivity contribution is 0.0923. The molecule has 26 heavy (non-hydrogen) atoms. The van der Waals surface area contributed by atoms with Crippen molar-refractivity contribution in [1.29, 1.82) is 0 Å². The molecule has 0 spiro atoms. The van der Waals surface area contributed by atoms with Crippen molar-refractivity contribution < 1.29 is 18.3 Å². The third-order valence-electron chi connectivity index (χ3n) is 3.37. The summed E-state index contributed by atoms with van der Waals surface area (Å²) in [5.41, 5.74) is 0. The molecule has 0 aliphatic rings. The zero-order valence-corrected chi connectivity index (χ0v) is 13.8. The number of nitrogens with one attached hydrogen (secondary N) is 2. The highest BCUT2D eigenvalue weighted by Gasteiger charge is 2.11. The van der Waals surface area contributed by atoms with Crippen molar-refractivity contribution in [1.82, 2.24) is 15.3 Å². The molecule has 0 bridgehead atoms. The molecule has 1 aromatic carbocycles. The quantitative estimate of drug-likeness (QED) is 0.603. The first kappa shape index (κ1) is 17.4. The molecule has 8 heteroatoms. The second kappa shape index (κ2) is 8.61. The van der Waals surface area contributed by atoms with Gasteiger partial charge in [0.2, 0.25) is 0 Å². The summed E-state index contributed by atoms with van der Waals surface area (Å²) in [6, 6.07) is 9.26. The molecule has 3 aromatic rings. The first-order valence-electron chi connectivity index (χ1n) is 7.96. The van der Waals surface area contributed by atoms with E-state index in [1.165, 1.54) is 12.1 Å². The molecule has 1 amide bonds. The molecule has 2 aromatic heterocycles. The predicted molar refractivity (Wildman–Crippen MR) is 92.3 cm³/mol. The first-order chi connectivity index (χ1) is 12.7. The Morgan fingerprint density at radius 1 is 1.15 bits per heavy atom. The van der Waals surface area contributed by atoms with Crippen molar-refractivity contribution in [3.05, 3.63) is 72.3 Å². The molecule has 0 radical (unpaired) electrons. The SMILES string of the molecule is O=C(NCCNc1cnccn1)c1ccc(COc2ccccc2F)o1. The second-order valence-corrected chi connectivity index (χ2v) is 5.26. The van der Waals surface area contributed by atoms with Crippen LogP contribution < -0.4 is 15.4 Å². The van der Waals surface area contributed by atoms with Gasteiger partial charge >= 0.3 is 0 Å². The molecule has 0 unspecified atom stereocenters. The van der Waals surface area contributed by atoms with Crippen LogP contribution in [-0.4, -0.2) is 29.0 Å². The Labute approximate surface area is 149 Å². The Kier molecular flexibility index (Phi) is 5.76. The van der Waals surface area contributed by atoms with Crippen molar-refractivity contribution >= 4 is 11.7 Å². The Bertz CT molecular complexity index is 854. The maximum absolute atomic E-state index is 13.5. The summed E-state index contributed by atoms with van der Waals surface area (Å²) in [7, 11) is 0. The van der Waals surface area contributed by atoms with E-state index in [2.05, 4.69) is 20.6 Å². The highest BCUT2D eigenvalue weighted by atomic mass is 19.1. The smallest absolute Gasteiger partial charge is 0.287 e. The normalized spacial score (nSPS) is 10.3. The number of aromatic nitrogens is 2. The van der Waals surface area contributed by atoms with Crippen molar-refractivity contribution in [2.45, 2.75) is 6.61 Å². The molecule has 7 nitrogen and oxygen atoms in total. The third kappa shape index (κ3) is 4.79. The van der Waals surface area contributed by atoms with Crippen LogP contribution >= 0.6 is 0 Å². The van der Waals surface area contributed by atoms with Crippen LogP contribution in [0.1, 0.15) is 16.3 Å². The van der Waals surface area contributed by atoms with Crippen LogP contribution in [0.5, 0.6) is 5.75 Å². The van der Waals surface area contributed by atoms with Crippen molar-refractivity contribution in [2.75, 3.05) is 18.4 Å². The number of anilines is 1. The van der Waals surface area contributed by atoms with Gasteiger partial charge < -0.3 is 19.8 Å². The number of benzene rings is 1. The van der Waals surface area contributed by atoms with E-state index in [1.807, 2.05) is 0 Å². The number of hydrogen-bond donors (Lipinski definition) is 2. The van der Waals surface area contributed by atoms with Crippen LogP contribution in [0.25, 0.3) is 0 Å².